The highest BCUT2D eigenvalue weighted by atomic mass is 16.5. The molecule has 0 radical (unpaired) electrons. The zero-order valence-corrected chi connectivity index (χ0v) is 17.5. The molecular formula is C25H24N2O4. The predicted molar refractivity (Wildman–Crippen MR) is 119 cm³/mol. The Bertz CT molecular complexity index is 1100. The molecule has 3 aromatic carbocycles. The number of amides is 2. The number of carbonyl (C=O) groups excluding carboxylic acids is 2. The number of methoxy groups -OCH3 is 2. The van der Waals surface area contributed by atoms with Gasteiger partial charge in [-0.05, 0) is 35.9 Å². The van der Waals surface area contributed by atoms with Gasteiger partial charge in [0.25, 0.3) is 5.91 Å². The summed E-state index contributed by atoms with van der Waals surface area (Å²) >= 11 is 0. The van der Waals surface area contributed by atoms with Crippen LogP contribution < -0.4 is 19.7 Å². The van der Waals surface area contributed by atoms with Crippen LogP contribution in [0.1, 0.15) is 21.5 Å². The minimum atomic E-state index is -0.616. The maximum absolute atomic E-state index is 13.3. The summed E-state index contributed by atoms with van der Waals surface area (Å²) in [5.74, 6) is 0.912. The number of para-hydroxylation sites is 1. The zero-order valence-electron chi connectivity index (χ0n) is 17.5. The second-order valence-corrected chi connectivity index (χ2v) is 7.29. The monoisotopic (exact) mass is 416 g/mol. The van der Waals surface area contributed by atoms with Crippen LogP contribution in [-0.4, -0.2) is 32.1 Å². The molecular weight excluding hydrogens is 392 g/mol. The maximum atomic E-state index is 13.3. The Kier molecular flexibility index (Phi) is 5.89. The highest BCUT2D eigenvalue weighted by Crippen LogP contribution is 2.33. The lowest BCUT2D eigenvalue weighted by Crippen LogP contribution is -2.48. The summed E-state index contributed by atoms with van der Waals surface area (Å²) in [6.07, 6.45) is 0.473. The molecule has 4 rings (SSSR count). The van der Waals surface area contributed by atoms with Crippen LogP contribution in [0.15, 0.2) is 72.8 Å². The van der Waals surface area contributed by atoms with Gasteiger partial charge in [0.15, 0.2) is 0 Å². The van der Waals surface area contributed by atoms with Gasteiger partial charge in [-0.1, -0.05) is 36.4 Å². The molecule has 6 heteroatoms. The number of ether oxygens (including phenoxy) is 2. The van der Waals surface area contributed by atoms with Crippen molar-refractivity contribution in [3.8, 4) is 11.5 Å². The molecule has 0 aliphatic carbocycles. The van der Waals surface area contributed by atoms with Crippen LogP contribution in [0.2, 0.25) is 0 Å². The summed E-state index contributed by atoms with van der Waals surface area (Å²) < 4.78 is 10.6. The van der Waals surface area contributed by atoms with Gasteiger partial charge in [-0.3, -0.25) is 14.5 Å². The summed E-state index contributed by atoms with van der Waals surface area (Å²) in [5, 5.41) is 2.97. The first-order chi connectivity index (χ1) is 15.1. The lowest BCUT2D eigenvalue weighted by Gasteiger charge is -2.25. The molecule has 0 aromatic heterocycles. The Morgan fingerprint density at radius 2 is 1.71 bits per heavy atom. The Morgan fingerprint density at radius 1 is 0.968 bits per heavy atom. The quantitative estimate of drug-likeness (QED) is 0.667. The number of nitrogens with one attached hydrogen (secondary N) is 1. The van der Waals surface area contributed by atoms with Crippen molar-refractivity contribution in [1.82, 2.24) is 5.32 Å². The van der Waals surface area contributed by atoms with Gasteiger partial charge in [-0.25, -0.2) is 0 Å². The third-order valence-corrected chi connectivity index (χ3v) is 5.47. The van der Waals surface area contributed by atoms with E-state index in [0.29, 0.717) is 23.5 Å². The SMILES string of the molecule is COc1ccc(CNC(=O)[C@@H]2Cc3ccccc3N2C(=O)c2ccccc2)c(OC)c1. The Balaban J connectivity index is 1.56. The average Bonchev–Trinajstić information content (AvgIpc) is 3.22. The topological polar surface area (TPSA) is 67.9 Å². The van der Waals surface area contributed by atoms with E-state index in [4.69, 9.17) is 9.47 Å². The number of benzene rings is 3. The van der Waals surface area contributed by atoms with Crippen molar-refractivity contribution in [2.75, 3.05) is 19.1 Å². The van der Waals surface area contributed by atoms with Crippen molar-refractivity contribution < 1.29 is 19.1 Å². The van der Waals surface area contributed by atoms with E-state index in [1.54, 1.807) is 37.3 Å². The van der Waals surface area contributed by atoms with Crippen molar-refractivity contribution in [1.29, 1.82) is 0 Å². The van der Waals surface area contributed by atoms with Gasteiger partial charge >= 0.3 is 0 Å². The minimum absolute atomic E-state index is 0.187. The van der Waals surface area contributed by atoms with E-state index in [1.165, 1.54) is 0 Å². The molecule has 6 nitrogen and oxygen atoms in total. The predicted octanol–water partition coefficient (Wildman–Crippen LogP) is 3.59. The fraction of sp³-hybridized carbons (Fsp3) is 0.200. The van der Waals surface area contributed by atoms with Crippen LogP contribution in [-0.2, 0) is 17.8 Å². The molecule has 0 bridgehead atoms. The van der Waals surface area contributed by atoms with Crippen LogP contribution in [0, 0.1) is 0 Å². The fourth-order valence-electron chi connectivity index (χ4n) is 3.86. The molecule has 0 fully saturated rings. The van der Waals surface area contributed by atoms with Crippen molar-refractivity contribution in [2.45, 2.75) is 19.0 Å². The molecule has 31 heavy (non-hydrogen) atoms. The lowest BCUT2D eigenvalue weighted by molar-refractivity contribution is -0.122. The van der Waals surface area contributed by atoms with Gasteiger partial charge in [0, 0.05) is 35.8 Å². The molecule has 1 N–H and O–H groups in total. The first-order valence-electron chi connectivity index (χ1n) is 10.1. The number of hydrogen-bond donors (Lipinski definition) is 1. The van der Waals surface area contributed by atoms with Crippen molar-refractivity contribution in [3.05, 3.63) is 89.5 Å². The Labute approximate surface area is 181 Å². The third-order valence-electron chi connectivity index (χ3n) is 5.47. The lowest BCUT2D eigenvalue weighted by atomic mass is 10.1. The summed E-state index contributed by atoms with van der Waals surface area (Å²) in [4.78, 5) is 28.1. The van der Waals surface area contributed by atoms with E-state index in [9.17, 15) is 9.59 Å². The zero-order chi connectivity index (χ0) is 21.8. The molecule has 3 aromatic rings. The molecule has 1 atom stereocenters. The van der Waals surface area contributed by atoms with E-state index >= 15 is 0 Å². The van der Waals surface area contributed by atoms with Crippen molar-refractivity contribution >= 4 is 17.5 Å². The van der Waals surface area contributed by atoms with E-state index in [1.807, 2.05) is 54.6 Å². The van der Waals surface area contributed by atoms with Gasteiger partial charge in [0.05, 0.1) is 14.2 Å². The van der Waals surface area contributed by atoms with E-state index < -0.39 is 6.04 Å². The van der Waals surface area contributed by atoms with Gasteiger partial charge in [0.1, 0.15) is 17.5 Å². The first-order valence-corrected chi connectivity index (χ1v) is 10.1. The summed E-state index contributed by atoms with van der Waals surface area (Å²) in [6.45, 7) is 0.284. The maximum Gasteiger partial charge on any atom is 0.259 e. The molecule has 158 valence electrons. The van der Waals surface area contributed by atoms with Crippen LogP contribution in [0.4, 0.5) is 5.69 Å². The largest absolute Gasteiger partial charge is 0.497 e. The number of fused-ring (bicyclic) bond motifs is 1. The highest BCUT2D eigenvalue weighted by molar-refractivity contribution is 6.11. The van der Waals surface area contributed by atoms with E-state index in [-0.39, 0.29) is 18.4 Å². The number of carbonyl (C=O) groups is 2. The van der Waals surface area contributed by atoms with Gasteiger partial charge in [0.2, 0.25) is 5.91 Å². The number of hydrogen-bond acceptors (Lipinski definition) is 4. The molecule has 1 aliphatic heterocycles. The molecule has 1 heterocycles. The third kappa shape index (κ3) is 4.10. The van der Waals surface area contributed by atoms with Crippen LogP contribution in [0.5, 0.6) is 11.5 Å². The molecule has 1 aliphatic rings. The van der Waals surface area contributed by atoms with E-state index in [0.717, 1.165) is 16.8 Å². The minimum Gasteiger partial charge on any atom is -0.497 e. The number of rotatable bonds is 6. The summed E-state index contributed by atoms with van der Waals surface area (Å²) in [7, 11) is 3.17. The van der Waals surface area contributed by atoms with Crippen LogP contribution >= 0.6 is 0 Å². The summed E-state index contributed by atoms with van der Waals surface area (Å²) in [6, 6.07) is 21.5. The second-order valence-electron chi connectivity index (χ2n) is 7.29. The van der Waals surface area contributed by atoms with Gasteiger partial charge in [-0.2, -0.15) is 0 Å². The standard InChI is InChI=1S/C25H24N2O4/c1-30-20-13-12-19(23(15-20)31-2)16-26-24(28)22-14-18-10-6-7-11-21(18)27(22)25(29)17-8-4-3-5-9-17/h3-13,15,22H,14,16H2,1-2H3,(H,26,28)/t22-/m0/s1. The van der Waals surface area contributed by atoms with Gasteiger partial charge < -0.3 is 14.8 Å². The Morgan fingerprint density at radius 3 is 2.45 bits per heavy atom. The highest BCUT2D eigenvalue weighted by Gasteiger charge is 2.38. The van der Waals surface area contributed by atoms with Crippen LogP contribution in [0.3, 0.4) is 0 Å². The first kappa shape index (κ1) is 20.5. The fourth-order valence-corrected chi connectivity index (χ4v) is 3.86. The van der Waals surface area contributed by atoms with Gasteiger partial charge in [-0.15, -0.1) is 0 Å². The summed E-state index contributed by atoms with van der Waals surface area (Å²) in [5.41, 5.74) is 3.13. The molecule has 0 saturated heterocycles. The number of nitrogens with zero attached hydrogens (tertiary/aromatic N) is 1. The molecule has 0 saturated carbocycles. The number of anilines is 1. The van der Waals surface area contributed by atoms with Crippen molar-refractivity contribution in [2.24, 2.45) is 0 Å². The Hall–Kier alpha value is -3.80. The van der Waals surface area contributed by atoms with Crippen molar-refractivity contribution in [3.63, 3.8) is 0 Å². The smallest absolute Gasteiger partial charge is 0.259 e. The second kappa shape index (κ2) is 8.92. The molecule has 2 amide bonds. The van der Waals surface area contributed by atoms with Crippen LogP contribution in [0.25, 0.3) is 0 Å². The average molecular weight is 416 g/mol. The van der Waals surface area contributed by atoms with E-state index in [2.05, 4.69) is 5.32 Å². The molecule has 0 unspecified atom stereocenters. The normalized spacial score (nSPS) is 14.6. The molecule has 0 spiro atoms.